The van der Waals surface area contributed by atoms with E-state index in [1.165, 1.54) is 23.1 Å². The van der Waals surface area contributed by atoms with Crippen LogP contribution in [-0.2, 0) is 14.3 Å². The van der Waals surface area contributed by atoms with Gasteiger partial charge in [0.25, 0.3) is 5.91 Å². The molecule has 1 atom stereocenters. The van der Waals surface area contributed by atoms with Gasteiger partial charge in [-0.25, -0.2) is 4.79 Å². The van der Waals surface area contributed by atoms with Gasteiger partial charge in [0, 0.05) is 26.2 Å². The van der Waals surface area contributed by atoms with Crippen LogP contribution in [0.15, 0.2) is 28.6 Å². The average Bonchev–Trinajstić information content (AvgIpc) is 3.29. The molecule has 1 aromatic heterocycles. The first-order valence-corrected chi connectivity index (χ1v) is 12.2. The van der Waals surface area contributed by atoms with Crippen LogP contribution in [-0.4, -0.2) is 89.2 Å². The standard InChI is InChI=1S/C20H23N5O6S2/c1-2-29-19(28)21-18-22-23-20(33-18)32-12-16(26)24-7-9-25(10-8-24)17(27)15-11-30-13-5-3-4-6-14(13)31-15/h3-6,15H,2,7-12H2,1H3,(H,21,22,28). The molecule has 2 aliphatic rings. The molecule has 11 nitrogen and oxygen atoms in total. The molecule has 1 saturated heterocycles. The summed E-state index contributed by atoms with van der Waals surface area (Å²) in [7, 11) is 0. The van der Waals surface area contributed by atoms with Gasteiger partial charge in [0.05, 0.1) is 12.4 Å². The van der Waals surface area contributed by atoms with Gasteiger partial charge in [0.2, 0.25) is 17.1 Å². The topological polar surface area (TPSA) is 123 Å². The van der Waals surface area contributed by atoms with Gasteiger partial charge in [0.15, 0.2) is 15.8 Å². The third-order valence-electron chi connectivity index (χ3n) is 4.94. The number of nitrogens with one attached hydrogen (secondary N) is 1. The fourth-order valence-electron chi connectivity index (χ4n) is 3.31. The molecule has 0 bridgehead atoms. The van der Waals surface area contributed by atoms with Crippen LogP contribution in [0.25, 0.3) is 0 Å². The average molecular weight is 494 g/mol. The van der Waals surface area contributed by atoms with E-state index in [-0.39, 0.29) is 30.8 Å². The fourth-order valence-corrected chi connectivity index (χ4v) is 4.95. The Labute approximate surface area is 198 Å². The van der Waals surface area contributed by atoms with Crippen LogP contribution in [0.5, 0.6) is 11.5 Å². The normalized spacial score (nSPS) is 17.4. The molecule has 1 N–H and O–H groups in total. The van der Waals surface area contributed by atoms with Crippen LogP contribution in [0.2, 0.25) is 0 Å². The third kappa shape index (κ3) is 5.85. The highest BCUT2D eigenvalue weighted by molar-refractivity contribution is 8.01. The highest BCUT2D eigenvalue weighted by atomic mass is 32.2. The van der Waals surface area contributed by atoms with Crippen molar-refractivity contribution in [3.05, 3.63) is 24.3 Å². The monoisotopic (exact) mass is 493 g/mol. The molecule has 0 saturated carbocycles. The number of carbonyl (C=O) groups excluding carboxylic acids is 3. The summed E-state index contributed by atoms with van der Waals surface area (Å²) >= 11 is 2.42. The quantitative estimate of drug-likeness (QED) is 0.473. The number of rotatable bonds is 6. The molecule has 2 aromatic rings. The Morgan fingerprint density at radius 2 is 1.88 bits per heavy atom. The minimum Gasteiger partial charge on any atom is -0.485 e. The number of amides is 3. The molecular formula is C20H23N5O6S2. The first kappa shape index (κ1) is 23.1. The van der Waals surface area contributed by atoms with Crippen LogP contribution < -0.4 is 14.8 Å². The molecule has 0 radical (unpaired) electrons. The van der Waals surface area contributed by atoms with Crippen LogP contribution in [0.4, 0.5) is 9.93 Å². The number of anilines is 1. The van der Waals surface area contributed by atoms with E-state index in [2.05, 4.69) is 15.5 Å². The number of thioether (sulfide) groups is 1. The predicted octanol–water partition coefficient (Wildman–Crippen LogP) is 1.71. The summed E-state index contributed by atoms with van der Waals surface area (Å²) in [5, 5.41) is 10.6. The predicted molar refractivity (Wildman–Crippen MR) is 121 cm³/mol. The van der Waals surface area contributed by atoms with E-state index in [0.29, 0.717) is 47.1 Å². The number of hydrogen-bond donors (Lipinski definition) is 1. The van der Waals surface area contributed by atoms with E-state index >= 15 is 0 Å². The minimum atomic E-state index is -0.687. The summed E-state index contributed by atoms with van der Waals surface area (Å²) in [5.74, 6) is 1.20. The molecule has 0 aliphatic carbocycles. The lowest BCUT2D eigenvalue weighted by atomic mass is 10.2. The molecule has 2 aliphatic heterocycles. The second-order valence-corrected chi connectivity index (χ2v) is 9.28. The van der Waals surface area contributed by atoms with E-state index < -0.39 is 12.2 Å². The third-order valence-corrected chi connectivity index (χ3v) is 6.89. The molecule has 1 fully saturated rings. The number of benzene rings is 1. The number of nitrogens with zero attached hydrogens (tertiary/aromatic N) is 4. The van der Waals surface area contributed by atoms with Gasteiger partial charge in [-0.1, -0.05) is 35.2 Å². The maximum atomic E-state index is 12.8. The zero-order chi connectivity index (χ0) is 23.2. The van der Waals surface area contributed by atoms with Gasteiger partial charge in [0.1, 0.15) is 6.61 Å². The van der Waals surface area contributed by atoms with Crippen molar-refractivity contribution in [1.82, 2.24) is 20.0 Å². The maximum absolute atomic E-state index is 12.8. The van der Waals surface area contributed by atoms with Crippen molar-refractivity contribution in [2.75, 3.05) is 50.5 Å². The molecule has 1 unspecified atom stereocenters. The summed E-state index contributed by atoms with van der Waals surface area (Å²) in [5.41, 5.74) is 0. The number of ether oxygens (including phenoxy) is 3. The Bertz CT molecular complexity index is 1010. The number of hydrogen-bond acceptors (Lipinski definition) is 10. The zero-order valence-corrected chi connectivity index (χ0v) is 19.5. The summed E-state index contributed by atoms with van der Waals surface area (Å²) in [4.78, 5) is 40.3. The lowest BCUT2D eigenvalue weighted by molar-refractivity contribution is -0.145. The summed E-state index contributed by atoms with van der Waals surface area (Å²) in [6.07, 6.45) is -1.28. The van der Waals surface area contributed by atoms with Gasteiger partial charge in [-0.2, -0.15) is 0 Å². The highest BCUT2D eigenvalue weighted by Gasteiger charge is 2.33. The Morgan fingerprint density at radius 3 is 2.64 bits per heavy atom. The smallest absolute Gasteiger partial charge is 0.413 e. The van der Waals surface area contributed by atoms with Gasteiger partial charge in [-0.3, -0.25) is 14.9 Å². The van der Waals surface area contributed by atoms with Crippen LogP contribution in [0.1, 0.15) is 6.92 Å². The Balaban J connectivity index is 1.21. The molecule has 33 heavy (non-hydrogen) atoms. The molecule has 3 amide bonds. The Kier molecular flexibility index (Phi) is 7.50. The number of carbonyl (C=O) groups is 3. The largest absolute Gasteiger partial charge is 0.485 e. The lowest BCUT2D eigenvalue weighted by Gasteiger charge is -2.37. The van der Waals surface area contributed by atoms with Crippen LogP contribution in [0.3, 0.4) is 0 Å². The minimum absolute atomic E-state index is 0.0478. The van der Waals surface area contributed by atoms with Crippen molar-refractivity contribution >= 4 is 46.1 Å². The maximum Gasteiger partial charge on any atom is 0.413 e. The van der Waals surface area contributed by atoms with Gasteiger partial charge in [-0.05, 0) is 19.1 Å². The molecule has 4 rings (SSSR count). The Morgan fingerprint density at radius 1 is 1.15 bits per heavy atom. The van der Waals surface area contributed by atoms with E-state index in [0.717, 1.165) is 0 Å². The number of para-hydroxylation sites is 2. The molecule has 13 heteroatoms. The second-order valence-electron chi connectivity index (χ2n) is 7.08. The second kappa shape index (κ2) is 10.7. The highest BCUT2D eigenvalue weighted by Crippen LogP contribution is 2.31. The number of fused-ring (bicyclic) bond motifs is 1. The van der Waals surface area contributed by atoms with Crippen molar-refractivity contribution < 1.29 is 28.6 Å². The Hall–Kier alpha value is -3.06. The zero-order valence-electron chi connectivity index (χ0n) is 17.9. The molecule has 3 heterocycles. The van der Waals surface area contributed by atoms with E-state index in [1.807, 2.05) is 12.1 Å². The van der Waals surface area contributed by atoms with Crippen molar-refractivity contribution in [3.63, 3.8) is 0 Å². The van der Waals surface area contributed by atoms with Gasteiger partial charge < -0.3 is 24.0 Å². The van der Waals surface area contributed by atoms with Crippen LogP contribution >= 0.6 is 23.1 Å². The van der Waals surface area contributed by atoms with Crippen molar-refractivity contribution in [2.45, 2.75) is 17.4 Å². The first-order valence-electron chi connectivity index (χ1n) is 10.4. The summed E-state index contributed by atoms with van der Waals surface area (Å²) < 4.78 is 16.8. The van der Waals surface area contributed by atoms with Crippen molar-refractivity contribution in [2.24, 2.45) is 0 Å². The van der Waals surface area contributed by atoms with Gasteiger partial charge in [-0.15, -0.1) is 10.2 Å². The van der Waals surface area contributed by atoms with Crippen molar-refractivity contribution in [1.29, 1.82) is 0 Å². The summed E-state index contributed by atoms with van der Waals surface area (Å²) in [6, 6.07) is 7.26. The van der Waals surface area contributed by atoms with E-state index in [1.54, 1.807) is 28.9 Å². The molecule has 176 valence electrons. The SMILES string of the molecule is CCOC(=O)Nc1nnc(SCC(=O)N2CCN(C(=O)C3COc4ccccc4O3)CC2)s1. The van der Waals surface area contributed by atoms with Crippen molar-refractivity contribution in [3.8, 4) is 11.5 Å². The molecular weight excluding hydrogens is 470 g/mol. The first-order chi connectivity index (χ1) is 16.0. The van der Waals surface area contributed by atoms with Crippen LogP contribution in [0, 0.1) is 0 Å². The van der Waals surface area contributed by atoms with E-state index in [9.17, 15) is 14.4 Å². The van der Waals surface area contributed by atoms with E-state index in [4.69, 9.17) is 14.2 Å². The lowest BCUT2D eigenvalue weighted by Crippen LogP contribution is -2.55. The molecule has 0 spiro atoms. The molecule has 1 aromatic carbocycles. The number of aromatic nitrogens is 2. The fraction of sp³-hybridized carbons (Fsp3) is 0.450. The van der Waals surface area contributed by atoms with Gasteiger partial charge >= 0.3 is 6.09 Å². The number of piperazine rings is 1. The summed E-state index contributed by atoms with van der Waals surface area (Å²) in [6.45, 7) is 3.89.